The second-order valence-electron chi connectivity index (χ2n) is 6.90. The fraction of sp³-hybridized carbons (Fsp3) is 0.273. The highest BCUT2D eigenvalue weighted by Crippen LogP contribution is 2.37. The Hall–Kier alpha value is -3.72. The average Bonchev–Trinajstić information content (AvgIpc) is 3.13. The molecule has 1 atom stereocenters. The molecule has 3 rings (SSSR count). The molecule has 3 aromatic rings. The zero-order valence-corrected chi connectivity index (χ0v) is 17.5. The number of carbonyl (C=O) groups is 3. The molecular weight excluding hydrogens is 402 g/mol. The van der Waals surface area contributed by atoms with Gasteiger partial charge in [-0.1, -0.05) is 18.2 Å². The first-order valence-electron chi connectivity index (χ1n) is 9.57. The van der Waals surface area contributed by atoms with Gasteiger partial charge < -0.3 is 14.2 Å². The number of nitrogens with zero attached hydrogens (tertiary/aromatic N) is 2. The molecule has 9 nitrogen and oxygen atoms in total. The van der Waals surface area contributed by atoms with Crippen LogP contribution >= 0.6 is 0 Å². The summed E-state index contributed by atoms with van der Waals surface area (Å²) >= 11 is 0. The first kappa shape index (κ1) is 22.0. The maximum absolute atomic E-state index is 12.1. The number of nitrogens with two attached hydrogens (primary N) is 1. The molecule has 0 radical (unpaired) electrons. The molecule has 0 spiro atoms. The van der Waals surface area contributed by atoms with Gasteiger partial charge in [0.05, 0.1) is 17.1 Å². The van der Waals surface area contributed by atoms with Crippen LogP contribution in [0.15, 0.2) is 42.6 Å². The number of rotatable bonds is 7. The third-order valence-electron chi connectivity index (χ3n) is 4.68. The van der Waals surface area contributed by atoms with Crippen LogP contribution in [0.2, 0.25) is 0 Å². The van der Waals surface area contributed by atoms with E-state index in [-0.39, 0.29) is 13.3 Å². The molecule has 0 aliphatic rings. The van der Waals surface area contributed by atoms with Crippen LogP contribution < -0.4 is 10.5 Å². The van der Waals surface area contributed by atoms with Crippen molar-refractivity contribution in [3.8, 4) is 16.9 Å². The molecular formula is C22H23N3O6. The highest BCUT2D eigenvalue weighted by atomic mass is 16.6. The number of benzene rings is 2. The molecule has 1 heterocycles. The lowest BCUT2D eigenvalue weighted by molar-refractivity contribution is -0.161. The summed E-state index contributed by atoms with van der Waals surface area (Å²) < 4.78 is 17.1. The van der Waals surface area contributed by atoms with Gasteiger partial charge in [-0.25, -0.2) is 0 Å². The molecule has 0 amide bonds. The number of hydrogen-bond donors (Lipinski definition) is 1. The van der Waals surface area contributed by atoms with Crippen molar-refractivity contribution in [3.63, 3.8) is 0 Å². The van der Waals surface area contributed by atoms with Gasteiger partial charge in [0.25, 0.3) is 0 Å². The highest BCUT2D eigenvalue weighted by Gasteiger charge is 2.24. The lowest BCUT2D eigenvalue weighted by Gasteiger charge is -2.13. The van der Waals surface area contributed by atoms with Crippen LogP contribution in [0.5, 0.6) is 5.75 Å². The Kier molecular flexibility index (Phi) is 6.66. The van der Waals surface area contributed by atoms with E-state index in [9.17, 15) is 14.4 Å². The molecule has 0 aliphatic carbocycles. The van der Waals surface area contributed by atoms with Crippen molar-refractivity contribution < 1.29 is 28.6 Å². The van der Waals surface area contributed by atoms with Gasteiger partial charge in [0.1, 0.15) is 19.1 Å². The lowest BCUT2D eigenvalue weighted by Crippen LogP contribution is -2.27. The molecule has 0 aliphatic heterocycles. The molecule has 2 N–H and O–H groups in total. The second-order valence-corrected chi connectivity index (χ2v) is 6.90. The summed E-state index contributed by atoms with van der Waals surface area (Å²) in [6.07, 6.45) is 1.64. The Labute approximate surface area is 178 Å². The fourth-order valence-electron chi connectivity index (χ4n) is 3.10. The Morgan fingerprint density at radius 1 is 1.13 bits per heavy atom. The number of aromatic nitrogens is 2. The first-order valence-corrected chi connectivity index (χ1v) is 9.57. The molecule has 1 aromatic heterocycles. The predicted molar refractivity (Wildman–Crippen MR) is 112 cm³/mol. The smallest absolute Gasteiger partial charge is 0.321 e. The van der Waals surface area contributed by atoms with Crippen LogP contribution in [-0.4, -0.2) is 34.4 Å². The molecule has 162 valence electrons. The van der Waals surface area contributed by atoms with E-state index in [1.807, 2.05) is 24.3 Å². The van der Waals surface area contributed by atoms with Crippen molar-refractivity contribution in [2.75, 3.05) is 6.73 Å². The Morgan fingerprint density at radius 2 is 1.87 bits per heavy atom. The van der Waals surface area contributed by atoms with Crippen LogP contribution in [0.4, 0.5) is 0 Å². The van der Waals surface area contributed by atoms with E-state index >= 15 is 0 Å². The maximum atomic E-state index is 12.1. The van der Waals surface area contributed by atoms with Crippen molar-refractivity contribution in [3.05, 3.63) is 48.2 Å². The zero-order valence-electron chi connectivity index (χ0n) is 17.5. The van der Waals surface area contributed by atoms with Crippen LogP contribution in [0.25, 0.3) is 22.0 Å². The van der Waals surface area contributed by atoms with Gasteiger partial charge in [-0.05, 0) is 36.2 Å². The minimum Gasteiger partial charge on any atom is -0.460 e. The minimum atomic E-state index is -1.07. The van der Waals surface area contributed by atoms with E-state index < -0.39 is 23.8 Å². The third kappa shape index (κ3) is 4.89. The molecule has 0 saturated heterocycles. The third-order valence-corrected chi connectivity index (χ3v) is 4.68. The molecule has 31 heavy (non-hydrogen) atoms. The summed E-state index contributed by atoms with van der Waals surface area (Å²) in [6, 6.07) is 11.0. The van der Waals surface area contributed by atoms with Gasteiger partial charge in [-0.3, -0.25) is 24.8 Å². The molecule has 9 heteroatoms. The van der Waals surface area contributed by atoms with Crippen molar-refractivity contribution in [1.29, 1.82) is 0 Å². The van der Waals surface area contributed by atoms with E-state index in [0.717, 1.165) is 11.1 Å². The fourth-order valence-corrected chi connectivity index (χ4v) is 3.10. The van der Waals surface area contributed by atoms with Gasteiger partial charge in [0.15, 0.2) is 5.92 Å². The minimum absolute atomic E-state index is 0.0368. The van der Waals surface area contributed by atoms with Crippen molar-refractivity contribution in [2.24, 2.45) is 18.7 Å². The normalized spacial score (nSPS) is 11.7. The van der Waals surface area contributed by atoms with Crippen molar-refractivity contribution >= 4 is 28.8 Å². The monoisotopic (exact) mass is 425 g/mol. The summed E-state index contributed by atoms with van der Waals surface area (Å²) in [4.78, 5) is 35.4. The van der Waals surface area contributed by atoms with Gasteiger partial charge in [-0.15, -0.1) is 0 Å². The number of fused-ring (bicyclic) bond motifs is 1. The van der Waals surface area contributed by atoms with Crippen LogP contribution in [-0.2, 0) is 37.5 Å². The number of esters is 3. The van der Waals surface area contributed by atoms with Crippen LogP contribution in [0.1, 0.15) is 19.4 Å². The van der Waals surface area contributed by atoms with E-state index in [1.54, 1.807) is 30.1 Å². The Bertz CT molecular complexity index is 1140. The van der Waals surface area contributed by atoms with E-state index in [0.29, 0.717) is 22.3 Å². The number of aryl methyl sites for hydroxylation is 1. The van der Waals surface area contributed by atoms with Gasteiger partial charge >= 0.3 is 17.9 Å². The Morgan fingerprint density at radius 3 is 2.58 bits per heavy atom. The van der Waals surface area contributed by atoms with Crippen molar-refractivity contribution in [1.82, 2.24) is 9.78 Å². The van der Waals surface area contributed by atoms with E-state index in [2.05, 4.69) is 9.84 Å². The van der Waals surface area contributed by atoms with Crippen LogP contribution in [0, 0.1) is 5.92 Å². The maximum Gasteiger partial charge on any atom is 0.321 e. The molecule has 0 fully saturated rings. The highest BCUT2D eigenvalue weighted by molar-refractivity contribution is 5.95. The standard InChI is InChI=1S/C22H23N3O6/c1-13(22(28)30-12-23)21(27)29-11-15-5-4-6-16(9-15)17-7-8-19-18(10-24-25(19)3)20(17)31-14(2)26/h4-10,13H,11-12,23H2,1-3H3. The second kappa shape index (κ2) is 9.40. The number of carbonyl (C=O) groups excluding carboxylic acids is 3. The summed E-state index contributed by atoms with van der Waals surface area (Å²) in [5.41, 5.74) is 8.14. The van der Waals surface area contributed by atoms with Gasteiger partial charge in [-0.2, -0.15) is 5.10 Å². The summed E-state index contributed by atoms with van der Waals surface area (Å²) in [6.45, 7) is 2.40. The summed E-state index contributed by atoms with van der Waals surface area (Å²) in [5, 5.41) is 4.94. The topological polar surface area (TPSA) is 123 Å². The largest absolute Gasteiger partial charge is 0.460 e. The lowest BCUT2D eigenvalue weighted by atomic mass is 10.0. The van der Waals surface area contributed by atoms with E-state index in [1.165, 1.54) is 13.8 Å². The summed E-state index contributed by atoms with van der Waals surface area (Å²) in [5.74, 6) is -2.56. The number of hydrogen-bond acceptors (Lipinski definition) is 8. The van der Waals surface area contributed by atoms with Gasteiger partial charge in [0.2, 0.25) is 0 Å². The van der Waals surface area contributed by atoms with Crippen molar-refractivity contribution in [2.45, 2.75) is 20.5 Å². The molecule has 1 unspecified atom stereocenters. The summed E-state index contributed by atoms with van der Waals surface area (Å²) in [7, 11) is 1.80. The predicted octanol–water partition coefficient (Wildman–Crippen LogP) is 2.30. The Balaban J connectivity index is 1.86. The van der Waals surface area contributed by atoms with Crippen LogP contribution in [0.3, 0.4) is 0 Å². The number of ether oxygens (including phenoxy) is 3. The van der Waals surface area contributed by atoms with Gasteiger partial charge in [0, 0.05) is 19.5 Å². The van der Waals surface area contributed by atoms with E-state index in [4.69, 9.17) is 15.2 Å². The molecule has 0 saturated carbocycles. The first-order chi connectivity index (χ1) is 14.8. The molecule has 2 aromatic carbocycles. The molecule has 0 bridgehead atoms. The zero-order chi connectivity index (χ0) is 22.5. The average molecular weight is 425 g/mol. The SMILES string of the molecule is CC(=O)Oc1c(-c2cccc(COC(=O)C(C)C(=O)OCN)c2)ccc2c1cnn2C. The quantitative estimate of drug-likeness (QED) is 0.265.